The molecule has 0 bridgehead atoms. The van der Waals surface area contributed by atoms with Crippen molar-refractivity contribution in [1.29, 1.82) is 0 Å². The van der Waals surface area contributed by atoms with Gasteiger partial charge in [-0.1, -0.05) is 0 Å². The molecule has 0 fully saturated rings. The van der Waals surface area contributed by atoms with Crippen LogP contribution in [0, 0.1) is 0 Å². The van der Waals surface area contributed by atoms with Gasteiger partial charge in [0, 0.05) is 6.42 Å². The van der Waals surface area contributed by atoms with Crippen molar-refractivity contribution >= 4 is 0 Å². The first-order chi connectivity index (χ1) is 7.31. The summed E-state index contributed by atoms with van der Waals surface area (Å²) in [5.41, 5.74) is 1.45. The first-order valence-corrected chi connectivity index (χ1v) is 5.14. The third-order valence-electron chi connectivity index (χ3n) is 2.48. The van der Waals surface area contributed by atoms with Gasteiger partial charge in [0.15, 0.2) is 0 Å². The van der Waals surface area contributed by atoms with Crippen molar-refractivity contribution in [3.63, 3.8) is 0 Å². The monoisotopic (exact) mass is 209 g/mol. The van der Waals surface area contributed by atoms with E-state index in [0.717, 1.165) is 30.9 Å². The van der Waals surface area contributed by atoms with E-state index in [1.807, 2.05) is 7.05 Å². The Morgan fingerprint density at radius 2 is 2.40 bits per heavy atom. The maximum Gasteiger partial charge on any atom is 0.256 e. The highest BCUT2D eigenvalue weighted by molar-refractivity contribution is 5.19. The van der Waals surface area contributed by atoms with Gasteiger partial charge in [0.2, 0.25) is 0 Å². The molecule has 0 unspecified atom stereocenters. The molecular weight excluding hydrogens is 194 g/mol. The Kier molecular flexibility index (Phi) is 3.13. The highest BCUT2D eigenvalue weighted by Crippen LogP contribution is 2.12. The molecule has 82 valence electrons. The summed E-state index contributed by atoms with van der Waals surface area (Å²) in [6.07, 6.45) is 1.77. The molecule has 0 aliphatic carbocycles. The number of aromatic amines is 1. The van der Waals surface area contributed by atoms with Crippen LogP contribution in [-0.4, -0.2) is 23.6 Å². The molecule has 15 heavy (non-hydrogen) atoms. The lowest BCUT2D eigenvalue weighted by atomic mass is 10.2. The number of rotatable bonds is 4. The molecule has 5 nitrogen and oxygen atoms in total. The van der Waals surface area contributed by atoms with Crippen molar-refractivity contribution in [2.24, 2.45) is 0 Å². The first-order valence-electron chi connectivity index (χ1n) is 5.14. The second kappa shape index (κ2) is 4.55. The summed E-state index contributed by atoms with van der Waals surface area (Å²) in [6, 6.07) is 0. The summed E-state index contributed by atoms with van der Waals surface area (Å²) >= 11 is 0. The lowest BCUT2D eigenvalue weighted by Crippen LogP contribution is -2.18. The predicted octanol–water partition coefficient (Wildman–Crippen LogP) is -0.0479. The number of hydrogen-bond acceptors (Lipinski definition) is 4. The van der Waals surface area contributed by atoms with E-state index in [2.05, 4.69) is 15.3 Å². The molecule has 0 saturated carbocycles. The SMILES string of the molecule is CNCCCc1nc2c(c(=O)[nH]1)COC2. The fourth-order valence-corrected chi connectivity index (χ4v) is 1.66. The fraction of sp³-hybridized carbons (Fsp3) is 0.600. The van der Waals surface area contributed by atoms with Crippen molar-refractivity contribution in [2.75, 3.05) is 13.6 Å². The minimum Gasteiger partial charge on any atom is -0.370 e. The van der Waals surface area contributed by atoms with E-state index in [9.17, 15) is 4.79 Å². The summed E-state index contributed by atoms with van der Waals surface area (Å²) in [5, 5.41) is 3.06. The van der Waals surface area contributed by atoms with Gasteiger partial charge in [-0.05, 0) is 20.0 Å². The minimum atomic E-state index is -0.0445. The van der Waals surface area contributed by atoms with Gasteiger partial charge in [0.25, 0.3) is 5.56 Å². The quantitative estimate of drug-likeness (QED) is 0.682. The molecule has 2 heterocycles. The van der Waals surface area contributed by atoms with Crippen LogP contribution in [0.2, 0.25) is 0 Å². The van der Waals surface area contributed by atoms with Crippen LogP contribution < -0.4 is 10.9 Å². The molecule has 2 rings (SSSR count). The summed E-state index contributed by atoms with van der Waals surface area (Å²) in [5.74, 6) is 0.763. The maximum atomic E-state index is 11.6. The zero-order valence-electron chi connectivity index (χ0n) is 8.80. The maximum absolute atomic E-state index is 11.6. The molecule has 0 spiro atoms. The summed E-state index contributed by atoms with van der Waals surface area (Å²) < 4.78 is 5.18. The van der Waals surface area contributed by atoms with Crippen LogP contribution in [0.4, 0.5) is 0 Å². The van der Waals surface area contributed by atoms with Crippen molar-refractivity contribution in [3.05, 3.63) is 27.4 Å². The van der Waals surface area contributed by atoms with Crippen LogP contribution in [0.5, 0.6) is 0 Å². The van der Waals surface area contributed by atoms with E-state index in [0.29, 0.717) is 18.8 Å². The molecule has 1 aliphatic rings. The number of aromatic nitrogens is 2. The number of nitrogens with zero attached hydrogens (tertiary/aromatic N) is 1. The molecule has 1 aromatic heterocycles. The molecule has 5 heteroatoms. The molecule has 0 aromatic carbocycles. The topological polar surface area (TPSA) is 67.0 Å². The molecule has 2 N–H and O–H groups in total. The number of ether oxygens (including phenoxy) is 1. The first kappa shape index (κ1) is 10.3. The third kappa shape index (κ3) is 2.24. The number of nitrogens with one attached hydrogen (secondary N) is 2. The number of aryl methyl sites for hydroxylation is 1. The number of H-pyrrole nitrogens is 1. The van der Waals surface area contributed by atoms with Crippen LogP contribution in [0.25, 0.3) is 0 Å². The Hall–Kier alpha value is -1.20. The molecule has 1 aliphatic heterocycles. The Morgan fingerprint density at radius 1 is 1.53 bits per heavy atom. The van der Waals surface area contributed by atoms with E-state index in [-0.39, 0.29) is 5.56 Å². The van der Waals surface area contributed by atoms with Gasteiger partial charge in [0.05, 0.1) is 24.5 Å². The molecular formula is C10H15N3O2. The summed E-state index contributed by atoms with van der Waals surface area (Å²) in [7, 11) is 1.91. The second-order valence-corrected chi connectivity index (χ2v) is 3.64. The van der Waals surface area contributed by atoms with E-state index in [1.165, 1.54) is 0 Å². The largest absolute Gasteiger partial charge is 0.370 e. The Balaban J connectivity index is 2.13. The normalized spacial score (nSPS) is 14.2. The van der Waals surface area contributed by atoms with Crippen LogP contribution in [-0.2, 0) is 24.4 Å². The standard InChI is InChI=1S/C10H15N3O2/c1-11-4-2-3-9-12-8-6-15-5-7(8)10(14)13-9/h11H,2-6H2,1H3,(H,12,13,14). The van der Waals surface area contributed by atoms with Gasteiger partial charge in [-0.15, -0.1) is 0 Å². The van der Waals surface area contributed by atoms with Crippen LogP contribution in [0.1, 0.15) is 23.5 Å². The summed E-state index contributed by atoms with van der Waals surface area (Å²) in [6.45, 7) is 1.80. The predicted molar refractivity (Wildman–Crippen MR) is 55.6 cm³/mol. The average Bonchev–Trinajstić information content (AvgIpc) is 2.66. The van der Waals surface area contributed by atoms with Gasteiger partial charge in [-0.2, -0.15) is 0 Å². The Bertz CT molecular complexity index is 400. The lowest BCUT2D eigenvalue weighted by molar-refractivity contribution is 0.133. The minimum absolute atomic E-state index is 0.0445. The molecule has 0 atom stereocenters. The smallest absolute Gasteiger partial charge is 0.256 e. The molecule has 0 radical (unpaired) electrons. The van der Waals surface area contributed by atoms with Gasteiger partial charge in [0.1, 0.15) is 5.82 Å². The van der Waals surface area contributed by atoms with Gasteiger partial charge >= 0.3 is 0 Å². The van der Waals surface area contributed by atoms with Gasteiger partial charge < -0.3 is 15.0 Å². The summed E-state index contributed by atoms with van der Waals surface area (Å²) in [4.78, 5) is 18.7. The van der Waals surface area contributed by atoms with E-state index in [1.54, 1.807) is 0 Å². The molecule has 0 saturated heterocycles. The second-order valence-electron chi connectivity index (χ2n) is 3.64. The highest BCUT2D eigenvalue weighted by atomic mass is 16.5. The van der Waals surface area contributed by atoms with Crippen molar-refractivity contribution in [2.45, 2.75) is 26.1 Å². The van der Waals surface area contributed by atoms with Gasteiger partial charge in [-0.25, -0.2) is 4.98 Å². The molecule has 0 amide bonds. The Labute approximate surface area is 87.9 Å². The fourth-order valence-electron chi connectivity index (χ4n) is 1.66. The van der Waals surface area contributed by atoms with Crippen LogP contribution >= 0.6 is 0 Å². The number of fused-ring (bicyclic) bond motifs is 1. The third-order valence-corrected chi connectivity index (χ3v) is 2.48. The lowest BCUT2D eigenvalue weighted by Gasteiger charge is -2.02. The number of hydrogen-bond donors (Lipinski definition) is 2. The van der Waals surface area contributed by atoms with Gasteiger partial charge in [-0.3, -0.25) is 4.79 Å². The van der Waals surface area contributed by atoms with Crippen molar-refractivity contribution in [3.8, 4) is 0 Å². The van der Waals surface area contributed by atoms with E-state index < -0.39 is 0 Å². The zero-order valence-corrected chi connectivity index (χ0v) is 8.80. The van der Waals surface area contributed by atoms with Crippen LogP contribution in [0.3, 0.4) is 0 Å². The zero-order chi connectivity index (χ0) is 10.7. The van der Waals surface area contributed by atoms with E-state index in [4.69, 9.17) is 4.74 Å². The Morgan fingerprint density at radius 3 is 3.20 bits per heavy atom. The van der Waals surface area contributed by atoms with E-state index >= 15 is 0 Å². The highest BCUT2D eigenvalue weighted by Gasteiger charge is 2.17. The van der Waals surface area contributed by atoms with Crippen LogP contribution in [0.15, 0.2) is 4.79 Å². The van der Waals surface area contributed by atoms with Crippen molar-refractivity contribution < 1.29 is 4.74 Å². The average molecular weight is 209 g/mol. The van der Waals surface area contributed by atoms with Crippen molar-refractivity contribution in [1.82, 2.24) is 15.3 Å². The molecule has 1 aromatic rings.